The van der Waals surface area contributed by atoms with Gasteiger partial charge in [0.05, 0.1) is 11.4 Å². The van der Waals surface area contributed by atoms with E-state index in [1.807, 2.05) is 18.9 Å². The third-order valence-electron chi connectivity index (χ3n) is 2.60. The molecule has 0 atom stereocenters. The van der Waals surface area contributed by atoms with Crippen LogP contribution in [0.15, 0.2) is 0 Å². The Morgan fingerprint density at radius 2 is 2.00 bits per heavy atom. The summed E-state index contributed by atoms with van der Waals surface area (Å²) in [5, 5.41) is 8.91. The molecule has 0 aliphatic rings. The molecule has 1 aromatic rings. The van der Waals surface area contributed by atoms with Crippen molar-refractivity contribution in [2.45, 2.75) is 26.2 Å². The first-order chi connectivity index (χ1) is 8.06. The molecule has 5 nitrogen and oxygen atoms in total. The van der Waals surface area contributed by atoms with Crippen LogP contribution in [0.1, 0.15) is 25.0 Å². The van der Waals surface area contributed by atoms with E-state index in [1.165, 1.54) is 0 Å². The van der Waals surface area contributed by atoms with Gasteiger partial charge in [-0.3, -0.25) is 0 Å². The number of nitrogens with two attached hydrogens (primary N) is 1. The van der Waals surface area contributed by atoms with Crippen molar-refractivity contribution in [3.8, 4) is 0 Å². The second-order valence-corrected chi connectivity index (χ2v) is 4.36. The summed E-state index contributed by atoms with van der Waals surface area (Å²) >= 11 is 5.81. The number of halogens is 1. The van der Waals surface area contributed by atoms with Crippen molar-refractivity contribution >= 4 is 23.1 Å². The molecule has 1 heterocycles. The highest BCUT2D eigenvalue weighted by atomic mass is 35.5. The number of aromatic nitrogens is 2. The lowest BCUT2D eigenvalue weighted by molar-refractivity contribution is 0.283. The number of aliphatic hydroxyl groups excluding tert-OH is 1. The molecule has 6 heteroatoms. The summed E-state index contributed by atoms with van der Waals surface area (Å²) in [6, 6.07) is 0. The molecule has 0 aromatic carbocycles. The molecule has 0 fully saturated rings. The van der Waals surface area contributed by atoms with Gasteiger partial charge >= 0.3 is 0 Å². The van der Waals surface area contributed by atoms with Gasteiger partial charge in [-0.1, -0.05) is 0 Å². The molecule has 17 heavy (non-hydrogen) atoms. The normalized spacial score (nSPS) is 10.6. The minimum atomic E-state index is 0.217. The van der Waals surface area contributed by atoms with E-state index in [4.69, 9.17) is 22.4 Å². The smallest absolute Gasteiger partial charge is 0.224 e. The number of aryl methyl sites for hydroxylation is 1. The van der Waals surface area contributed by atoms with Crippen LogP contribution < -0.4 is 10.6 Å². The summed E-state index contributed by atoms with van der Waals surface area (Å²) in [5.74, 6) is 0.673. The van der Waals surface area contributed by atoms with Crippen molar-refractivity contribution in [1.29, 1.82) is 0 Å². The Hall–Kier alpha value is -1.07. The summed E-state index contributed by atoms with van der Waals surface area (Å²) in [6.45, 7) is 2.88. The summed E-state index contributed by atoms with van der Waals surface area (Å²) in [7, 11) is 1.92. The average Bonchev–Trinajstić information content (AvgIpc) is 2.29. The van der Waals surface area contributed by atoms with E-state index in [1.54, 1.807) is 0 Å². The van der Waals surface area contributed by atoms with Crippen LogP contribution in [-0.4, -0.2) is 35.3 Å². The number of nitrogen functional groups attached to an aromatic ring is 1. The first-order valence-electron chi connectivity index (χ1n) is 5.68. The number of hydrogen-bond acceptors (Lipinski definition) is 5. The Morgan fingerprint density at radius 1 is 1.29 bits per heavy atom. The number of aliphatic hydroxyl groups is 1. The van der Waals surface area contributed by atoms with Crippen molar-refractivity contribution in [1.82, 2.24) is 9.97 Å². The summed E-state index contributed by atoms with van der Waals surface area (Å²) in [4.78, 5) is 10.1. The number of hydrogen-bond donors (Lipinski definition) is 2. The first kappa shape index (κ1) is 14.0. The van der Waals surface area contributed by atoms with Crippen LogP contribution in [0.2, 0.25) is 5.28 Å². The number of unbranched alkanes of at least 4 members (excludes halogenated alkanes) is 2. The van der Waals surface area contributed by atoms with E-state index < -0.39 is 0 Å². The van der Waals surface area contributed by atoms with Gasteiger partial charge in [-0.15, -0.1) is 0 Å². The molecule has 0 aliphatic carbocycles. The molecule has 0 saturated heterocycles. The minimum absolute atomic E-state index is 0.217. The predicted molar refractivity (Wildman–Crippen MR) is 70.4 cm³/mol. The summed E-state index contributed by atoms with van der Waals surface area (Å²) in [5.41, 5.74) is 7.18. The van der Waals surface area contributed by atoms with Gasteiger partial charge in [-0.25, -0.2) is 4.98 Å². The highest BCUT2D eigenvalue weighted by Crippen LogP contribution is 2.23. The van der Waals surface area contributed by atoms with Gasteiger partial charge in [0.2, 0.25) is 5.28 Å². The molecule has 1 aromatic heterocycles. The van der Waals surface area contributed by atoms with Crippen molar-refractivity contribution in [3.05, 3.63) is 11.0 Å². The van der Waals surface area contributed by atoms with E-state index in [0.29, 0.717) is 17.2 Å². The Balaban J connectivity index is 2.65. The zero-order valence-electron chi connectivity index (χ0n) is 10.3. The molecular weight excluding hydrogens is 240 g/mol. The van der Waals surface area contributed by atoms with Gasteiger partial charge in [-0.05, 0) is 37.8 Å². The van der Waals surface area contributed by atoms with E-state index in [-0.39, 0.29) is 11.9 Å². The molecule has 0 bridgehead atoms. The molecule has 0 aliphatic heterocycles. The fourth-order valence-corrected chi connectivity index (χ4v) is 1.77. The fraction of sp³-hybridized carbons (Fsp3) is 0.636. The number of anilines is 2. The van der Waals surface area contributed by atoms with Crippen LogP contribution in [0, 0.1) is 6.92 Å². The van der Waals surface area contributed by atoms with Gasteiger partial charge in [0.25, 0.3) is 0 Å². The molecule has 0 amide bonds. The van der Waals surface area contributed by atoms with E-state index in [9.17, 15) is 0 Å². The third-order valence-corrected chi connectivity index (χ3v) is 2.77. The van der Waals surface area contributed by atoms with Gasteiger partial charge in [0.15, 0.2) is 5.82 Å². The zero-order chi connectivity index (χ0) is 12.8. The second kappa shape index (κ2) is 6.61. The molecule has 0 radical (unpaired) electrons. The number of nitrogens with zero attached hydrogens (tertiary/aromatic N) is 3. The minimum Gasteiger partial charge on any atom is -0.396 e. The predicted octanol–water partition coefficient (Wildman–Crippen LogP) is 1.62. The van der Waals surface area contributed by atoms with Crippen LogP contribution in [0.4, 0.5) is 11.5 Å². The maximum Gasteiger partial charge on any atom is 0.224 e. The topological polar surface area (TPSA) is 75.3 Å². The second-order valence-electron chi connectivity index (χ2n) is 4.02. The maximum absolute atomic E-state index is 8.69. The van der Waals surface area contributed by atoms with Gasteiger partial charge < -0.3 is 15.7 Å². The Kier molecular flexibility index (Phi) is 5.44. The molecule has 1 rings (SSSR count). The van der Waals surface area contributed by atoms with Gasteiger partial charge in [0.1, 0.15) is 0 Å². The van der Waals surface area contributed by atoms with E-state index in [0.717, 1.165) is 25.8 Å². The summed E-state index contributed by atoms with van der Waals surface area (Å²) < 4.78 is 0. The van der Waals surface area contributed by atoms with Crippen LogP contribution >= 0.6 is 11.6 Å². The van der Waals surface area contributed by atoms with Crippen LogP contribution in [-0.2, 0) is 0 Å². The molecule has 3 N–H and O–H groups in total. The highest BCUT2D eigenvalue weighted by molar-refractivity contribution is 6.28. The lowest BCUT2D eigenvalue weighted by atomic mass is 10.2. The molecule has 96 valence electrons. The Bertz CT molecular complexity index is 373. The lowest BCUT2D eigenvalue weighted by Gasteiger charge is -2.20. The number of rotatable bonds is 6. The molecule has 0 saturated carbocycles. The Morgan fingerprint density at radius 3 is 2.65 bits per heavy atom. The van der Waals surface area contributed by atoms with Gasteiger partial charge in [0, 0.05) is 20.2 Å². The van der Waals surface area contributed by atoms with Crippen LogP contribution in [0.25, 0.3) is 0 Å². The molecule has 0 spiro atoms. The third kappa shape index (κ3) is 4.02. The lowest BCUT2D eigenvalue weighted by Crippen LogP contribution is -2.22. The molecule has 0 unspecified atom stereocenters. The SMILES string of the molecule is Cc1nc(Cl)nc(N(C)CCCCCO)c1N. The standard InChI is InChI=1S/C11H19ClN4O/c1-8-9(13)10(15-11(12)14-8)16(2)6-4-3-5-7-17/h17H,3-7,13H2,1-2H3. The summed E-state index contributed by atoms with van der Waals surface area (Å²) in [6.07, 6.45) is 2.79. The quantitative estimate of drug-likeness (QED) is 0.599. The van der Waals surface area contributed by atoms with Crippen molar-refractivity contribution < 1.29 is 5.11 Å². The van der Waals surface area contributed by atoms with E-state index in [2.05, 4.69) is 9.97 Å². The van der Waals surface area contributed by atoms with Crippen molar-refractivity contribution in [2.75, 3.05) is 30.8 Å². The Labute approximate surface area is 107 Å². The highest BCUT2D eigenvalue weighted by Gasteiger charge is 2.11. The van der Waals surface area contributed by atoms with Crippen LogP contribution in [0.5, 0.6) is 0 Å². The van der Waals surface area contributed by atoms with Crippen LogP contribution in [0.3, 0.4) is 0 Å². The molecular formula is C11H19ClN4O. The first-order valence-corrected chi connectivity index (χ1v) is 6.05. The average molecular weight is 259 g/mol. The zero-order valence-corrected chi connectivity index (χ0v) is 11.0. The largest absolute Gasteiger partial charge is 0.396 e. The monoisotopic (exact) mass is 258 g/mol. The van der Waals surface area contributed by atoms with Crippen molar-refractivity contribution in [3.63, 3.8) is 0 Å². The van der Waals surface area contributed by atoms with Gasteiger partial charge in [-0.2, -0.15) is 4.98 Å². The maximum atomic E-state index is 8.69. The van der Waals surface area contributed by atoms with E-state index >= 15 is 0 Å². The van der Waals surface area contributed by atoms with Crippen molar-refractivity contribution in [2.24, 2.45) is 0 Å². The fourth-order valence-electron chi connectivity index (χ4n) is 1.57.